The maximum absolute atomic E-state index is 5.52. The SMILES string of the molecule is COCCOc1ccc(C=Cc2ccccc2)cc1. The second-order valence-corrected chi connectivity index (χ2v) is 4.15. The zero-order valence-electron chi connectivity index (χ0n) is 11.1. The van der Waals surface area contributed by atoms with Crippen molar-refractivity contribution in [3.63, 3.8) is 0 Å². The normalized spacial score (nSPS) is 10.8. The van der Waals surface area contributed by atoms with E-state index in [1.54, 1.807) is 7.11 Å². The van der Waals surface area contributed by atoms with Gasteiger partial charge in [-0.2, -0.15) is 0 Å². The van der Waals surface area contributed by atoms with E-state index in [1.807, 2.05) is 42.5 Å². The first-order chi connectivity index (χ1) is 9.38. The lowest BCUT2D eigenvalue weighted by Crippen LogP contribution is -2.03. The van der Waals surface area contributed by atoms with E-state index in [4.69, 9.17) is 9.47 Å². The summed E-state index contributed by atoms with van der Waals surface area (Å²) in [4.78, 5) is 0. The van der Waals surface area contributed by atoms with E-state index < -0.39 is 0 Å². The summed E-state index contributed by atoms with van der Waals surface area (Å²) in [6.07, 6.45) is 4.19. The van der Waals surface area contributed by atoms with Crippen molar-refractivity contribution in [3.05, 3.63) is 65.7 Å². The molecule has 2 aromatic carbocycles. The lowest BCUT2D eigenvalue weighted by molar-refractivity contribution is 0.146. The summed E-state index contributed by atoms with van der Waals surface area (Å²) in [6.45, 7) is 1.19. The zero-order chi connectivity index (χ0) is 13.3. The Morgan fingerprint density at radius 1 is 0.789 bits per heavy atom. The van der Waals surface area contributed by atoms with Gasteiger partial charge in [0.15, 0.2) is 0 Å². The number of methoxy groups -OCH3 is 1. The predicted molar refractivity (Wildman–Crippen MR) is 79.2 cm³/mol. The van der Waals surface area contributed by atoms with Gasteiger partial charge in [0.05, 0.1) is 6.61 Å². The van der Waals surface area contributed by atoms with Gasteiger partial charge in [0, 0.05) is 7.11 Å². The number of ether oxygens (including phenoxy) is 2. The van der Waals surface area contributed by atoms with Gasteiger partial charge in [0.25, 0.3) is 0 Å². The molecule has 0 aliphatic rings. The molecule has 2 nitrogen and oxygen atoms in total. The molecule has 0 spiro atoms. The van der Waals surface area contributed by atoms with E-state index in [9.17, 15) is 0 Å². The van der Waals surface area contributed by atoms with Crippen LogP contribution in [0.25, 0.3) is 12.2 Å². The van der Waals surface area contributed by atoms with Crippen LogP contribution in [0.4, 0.5) is 0 Å². The van der Waals surface area contributed by atoms with E-state index in [0.29, 0.717) is 13.2 Å². The molecule has 0 aliphatic heterocycles. The highest BCUT2D eigenvalue weighted by Crippen LogP contribution is 2.14. The summed E-state index contributed by atoms with van der Waals surface area (Å²) in [7, 11) is 1.67. The van der Waals surface area contributed by atoms with Crippen LogP contribution in [0.2, 0.25) is 0 Å². The Balaban J connectivity index is 1.93. The minimum absolute atomic E-state index is 0.579. The molecule has 0 radical (unpaired) electrons. The van der Waals surface area contributed by atoms with Crippen LogP contribution in [0, 0.1) is 0 Å². The first kappa shape index (κ1) is 13.4. The largest absolute Gasteiger partial charge is 0.491 e. The highest BCUT2D eigenvalue weighted by molar-refractivity contribution is 5.69. The lowest BCUT2D eigenvalue weighted by atomic mass is 10.1. The van der Waals surface area contributed by atoms with E-state index in [0.717, 1.165) is 11.3 Å². The van der Waals surface area contributed by atoms with E-state index >= 15 is 0 Å². The van der Waals surface area contributed by atoms with Crippen LogP contribution in [0.3, 0.4) is 0 Å². The van der Waals surface area contributed by atoms with Crippen LogP contribution >= 0.6 is 0 Å². The molecule has 0 saturated heterocycles. The first-order valence-corrected chi connectivity index (χ1v) is 6.33. The molecular weight excluding hydrogens is 236 g/mol. The maximum Gasteiger partial charge on any atom is 0.119 e. The molecule has 0 heterocycles. The van der Waals surface area contributed by atoms with Crippen molar-refractivity contribution in [1.82, 2.24) is 0 Å². The van der Waals surface area contributed by atoms with Gasteiger partial charge in [-0.3, -0.25) is 0 Å². The third kappa shape index (κ3) is 4.60. The molecule has 0 fully saturated rings. The number of rotatable bonds is 6. The summed E-state index contributed by atoms with van der Waals surface area (Å²) in [5.41, 5.74) is 2.35. The van der Waals surface area contributed by atoms with Crippen LogP contribution in [-0.4, -0.2) is 20.3 Å². The minimum atomic E-state index is 0.579. The summed E-state index contributed by atoms with van der Waals surface area (Å²) < 4.78 is 10.5. The summed E-state index contributed by atoms with van der Waals surface area (Å²) in [6, 6.07) is 18.3. The molecule has 2 rings (SSSR count). The van der Waals surface area contributed by atoms with Gasteiger partial charge in [-0.25, -0.2) is 0 Å². The summed E-state index contributed by atoms with van der Waals surface area (Å²) in [5.74, 6) is 0.869. The summed E-state index contributed by atoms with van der Waals surface area (Å²) in [5, 5.41) is 0. The predicted octanol–water partition coefficient (Wildman–Crippen LogP) is 3.88. The highest BCUT2D eigenvalue weighted by Gasteiger charge is 1.93. The molecule has 19 heavy (non-hydrogen) atoms. The Morgan fingerprint density at radius 2 is 1.42 bits per heavy atom. The Hall–Kier alpha value is -2.06. The minimum Gasteiger partial charge on any atom is -0.491 e. The van der Waals surface area contributed by atoms with E-state index in [-0.39, 0.29) is 0 Å². The number of hydrogen-bond donors (Lipinski definition) is 0. The molecule has 0 saturated carbocycles. The third-order valence-electron chi connectivity index (χ3n) is 2.70. The van der Waals surface area contributed by atoms with Crippen molar-refractivity contribution in [1.29, 1.82) is 0 Å². The summed E-state index contributed by atoms with van der Waals surface area (Å²) >= 11 is 0. The van der Waals surface area contributed by atoms with E-state index in [1.165, 1.54) is 5.56 Å². The van der Waals surface area contributed by atoms with Crippen LogP contribution in [-0.2, 0) is 4.74 Å². The van der Waals surface area contributed by atoms with Crippen molar-refractivity contribution in [2.45, 2.75) is 0 Å². The fourth-order valence-electron chi connectivity index (χ4n) is 1.67. The lowest BCUT2D eigenvalue weighted by Gasteiger charge is -2.05. The first-order valence-electron chi connectivity index (χ1n) is 6.33. The monoisotopic (exact) mass is 254 g/mol. The Bertz CT molecular complexity index is 501. The van der Waals surface area contributed by atoms with Crippen molar-refractivity contribution < 1.29 is 9.47 Å². The second-order valence-electron chi connectivity index (χ2n) is 4.15. The fraction of sp³-hybridized carbons (Fsp3) is 0.176. The average molecular weight is 254 g/mol. The highest BCUT2D eigenvalue weighted by atomic mass is 16.5. The third-order valence-corrected chi connectivity index (χ3v) is 2.70. The van der Waals surface area contributed by atoms with Gasteiger partial charge in [-0.15, -0.1) is 0 Å². The van der Waals surface area contributed by atoms with Crippen LogP contribution in [0.1, 0.15) is 11.1 Å². The maximum atomic E-state index is 5.52. The molecular formula is C17H18O2. The molecule has 0 atom stereocenters. The average Bonchev–Trinajstić information content (AvgIpc) is 2.48. The second kappa shape index (κ2) is 7.39. The Morgan fingerprint density at radius 3 is 2.05 bits per heavy atom. The molecule has 0 aliphatic carbocycles. The fourth-order valence-corrected chi connectivity index (χ4v) is 1.67. The molecule has 0 N–H and O–H groups in total. The molecule has 0 aromatic heterocycles. The van der Waals surface area contributed by atoms with Crippen LogP contribution in [0.15, 0.2) is 54.6 Å². The van der Waals surface area contributed by atoms with Crippen molar-refractivity contribution in [3.8, 4) is 5.75 Å². The van der Waals surface area contributed by atoms with Gasteiger partial charge in [-0.05, 0) is 23.3 Å². The van der Waals surface area contributed by atoms with Gasteiger partial charge in [-0.1, -0.05) is 54.6 Å². The molecule has 2 heteroatoms. The van der Waals surface area contributed by atoms with E-state index in [2.05, 4.69) is 24.3 Å². The molecule has 0 amide bonds. The smallest absolute Gasteiger partial charge is 0.119 e. The Labute approximate surface area is 114 Å². The number of hydrogen-bond acceptors (Lipinski definition) is 2. The standard InChI is InChI=1S/C17H18O2/c1-18-13-14-19-17-11-9-16(10-12-17)8-7-15-5-3-2-4-6-15/h2-12H,13-14H2,1H3. The van der Waals surface area contributed by atoms with Gasteiger partial charge >= 0.3 is 0 Å². The zero-order valence-corrected chi connectivity index (χ0v) is 11.1. The van der Waals surface area contributed by atoms with Crippen molar-refractivity contribution in [2.75, 3.05) is 20.3 Å². The quantitative estimate of drug-likeness (QED) is 0.575. The Kier molecular flexibility index (Phi) is 5.20. The molecule has 2 aromatic rings. The van der Waals surface area contributed by atoms with Crippen LogP contribution < -0.4 is 4.74 Å². The molecule has 0 bridgehead atoms. The van der Waals surface area contributed by atoms with Gasteiger partial charge < -0.3 is 9.47 Å². The van der Waals surface area contributed by atoms with Crippen molar-refractivity contribution in [2.24, 2.45) is 0 Å². The topological polar surface area (TPSA) is 18.5 Å². The molecule has 98 valence electrons. The molecule has 0 unspecified atom stereocenters. The van der Waals surface area contributed by atoms with Crippen LogP contribution in [0.5, 0.6) is 5.75 Å². The van der Waals surface area contributed by atoms with Crippen molar-refractivity contribution >= 4 is 12.2 Å². The van der Waals surface area contributed by atoms with Gasteiger partial charge in [0.2, 0.25) is 0 Å². The number of benzene rings is 2. The van der Waals surface area contributed by atoms with Gasteiger partial charge in [0.1, 0.15) is 12.4 Å².